The molecule has 7 rings (SSSR count). The SMILES string of the molecule is CO[C@H]1C[C@H]2[C@@H](CC[C@@H]3C[C@H](O)CC[C@@]32C)[C@@H]2CC[C@@H]3[C@@H](CCC(=O)N4CCc5cc(F)cnc54)CC[C@@]132. The zero-order valence-electron chi connectivity index (χ0n) is 23.2. The molecule has 5 aliphatic carbocycles. The number of pyridine rings is 1. The van der Waals surface area contributed by atoms with Gasteiger partial charge < -0.3 is 9.84 Å². The number of aliphatic hydroxyl groups excluding tert-OH is 1. The number of methoxy groups -OCH3 is 1. The number of carbonyl (C=O) groups is 1. The summed E-state index contributed by atoms with van der Waals surface area (Å²) in [5.74, 6) is 4.70. The van der Waals surface area contributed by atoms with Gasteiger partial charge in [-0.05, 0) is 130 Å². The number of nitrogens with zero attached hydrogens (tertiary/aromatic N) is 2. The van der Waals surface area contributed by atoms with E-state index < -0.39 is 0 Å². The maximum Gasteiger partial charge on any atom is 0.228 e. The van der Waals surface area contributed by atoms with Crippen molar-refractivity contribution in [1.82, 2.24) is 4.98 Å². The van der Waals surface area contributed by atoms with Gasteiger partial charge in [-0.3, -0.25) is 9.69 Å². The van der Waals surface area contributed by atoms with Crippen molar-refractivity contribution in [2.75, 3.05) is 18.6 Å². The molecule has 6 heteroatoms. The first-order chi connectivity index (χ1) is 18.3. The van der Waals surface area contributed by atoms with Gasteiger partial charge in [0.1, 0.15) is 11.6 Å². The predicted octanol–water partition coefficient (Wildman–Crippen LogP) is 5.92. The van der Waals surface area contributed by atoms with Crippen molar-refractivity contribution in [1.29, 1.82) is 0 Å². The van der Waals surface area contributed by atoms with E-state index in [0.29, 0.717) is 59.9 Å². The van der Waals surface area contributed by atoms with Gasteiger partial charge in [-0.2, -0.15) is 0 Å². The molecule has 0 bridgehead atoms. The van der Waals surface area contributed by atoms with Crippen molar-refractivity contribution in [3.63, 3.8) is 0 Å². The number of carbonyl (C=O) groups excluding carboxylic acids is 1. The molecule has 1 aliphatic heterocycles. The number of hydrogen-bond acceptors (Lipinski definition) is 4. The number of ether oxygens (including phenoxy) is 1. The fourth-order valence-corrected chi connectivity index (χ4v) is 11.5. The second-order valence-corrected chi connectivity index (χ2v) is 14.1. The second kappa shape index (κ2) is 9.26. The lowest BCUT2D eigenvalue weighted by Gasteiger charge is -2.62. The van der Waals surface area contributed by atoms with E-state index in [1.807, 2.05) is 7.11 Å². The minimum atomic E-state index is -0.323. The van der Waals surface area contributed by atoms with Crippen LogP contribution in [0.3, 0.4) is 0 Å². The van der Waals surface area contributed by atoms with Crippen LogP contribution < -0.4 is 4.90 Å². The van der Waals surface area contributed by atoms with Crippen LogP contribution in [0.25, 0.3) is 0 Å². The summed E-state index contributed by atoms with van der Waals surface area (Å²) >= 11 is 0. The van der Waals surface area contributed by atoms with Crippen LogP contribution in [0, 0.1) is 52.2 Å². The summed E-state index contributed by atoms with van der Waals surface area (Å²) in [5.41, 5.74) is 1.50. The molecule has 5 nitrogen and oxygen atoms in total. The lowest BCUT2D eigenvalue weighted by atomic mass is 9.44. The number of amides is 1. The van der Waals surface area contributed by atoms with Crippen LogP contribution in [0.1, 0.15) is 89.5 Å². The second-order valence-electron chi connectivity index (χ2n) is 14.1. The van der Waals surface area contributed by atoms with Gasteiger partial charge in [-0.15, -0.1) is 0 Å². The summed E-state index contributed by atoms with van der Waals surface area (Å²) < 4.78 is 20.0. The molecule has 1 amide bonds. The van der Waals surface area contributed by atoms with Gasteiger partial charge >= 0.3 is 0 Å². The van der Waals surface area contributed by atoms with E-state index in [1.165, 1.54) is 63.6 Å². The first kappa shape index (κ1) is 25.4. The molecule has 1 spiro atoms. The van der Waals surface area contributed by atoms with Gasteiger partial charge in [0.15, 0.2) is 0 Å². The van der Waals surface area contributed by atoms with Gasteiger partial charge in [0.25, 0.3) is 0 Å². The number of hydrogen-bond donors (Lipinski definition) is 1. The zero-order valence-corrected chi connectivity index (χ0v) is 23.2. The lowest BCUT2D eigenvalue weighted by Crippen LogP contribution is -2.59. The molecule has 1 N–H and O–H groups in total. The summed E-state index contributed by atoms with van der Waals surface area (Å²) in [6, 6.07) is 1.53. The summed E-state index contributed by atoms with van der Waals surface area (Å²) in [6.07, 6.45) is 15.7. The third-order valence-electron chi connectivity index (χ3n) is 13.1. The number of halogens is 1. The Morgan fingerprint density at radius 1 is 1.13 bits per heavy atom. The average molecular weight is 525 g/mol. The van der Waals surface area contributed by atoms with Crippen molar-refractivity contribution >= 4 is 11.7 Å². The maximum absolute atomic E-state index is 13.6. The molecular weight excluding hydrogens is 479 g/mol. The highest BCUT2D eigenvalue weighted by Crippen LogP contribution is 2.72. The van der Waals surface area contributed by atoms with Crippen LogP contribution in [-0.2, 0) is 16.0 Å². The van der Waals surface area contributed by atoms with Crippen molar-refractivity contribution in [2.45, 2.75) is 103 Å². The molecule has 6 aliphatic rings. The molecule has 10 atom stereocenters. The first-order valence-electron chi connectivity index (χ1n) is 15.5. The smallest absolute Gasteiger partial charge is 0.228 e. The molecule has 0 aromatic carbocycles. The van der Waals surface area contributed by atoms with Gasteiger partial charge in [-0.25, -0.2) is 9.37 Å². The molecule has 0 unspecified atom stereocenters. The normalized spacial score (nSPS) is 45.2. The fourth-order valence-electron chi connectivity index (χ4n) is 11.5. The van der Waals surface area contributed by atoms with E-state index in [-0.39, 0.29) is 17.8 Å². The minimum absolute atomic E-state index is 0.0991. The van der Waals surface area contributed by atoms with Crippen molar-refractivity contribution in [2.24, 2.45) is 46.3 Å². The summed E-state index contributed by atoms with van der Waals surface area (Å²) in [5, 5.41) is 10.4. The van der Waals surface area contributed by atoms with Crippen LogP contribution in [-0.4, -0.2) is 41.9 Å². The highest BCUT2D eigenvalue weighted by molar-refractivity contribution is 5.94. The van der Waals surface area contributed by atoms with Crippen molar-refractivity contribution in [3.05, 3.63) is 23.6 Å². The van der Waals surface area contributed by atoms with Gasteiger partial charge in [0.2, 0.25) is 5.91 Å². The molecule has 0 radical (unpaired) electrons. The number of rotatable bonds is 4. The Hall–Kier alpha value is -1.53. The van der Waals surface area contributed by atoms with Crippen molar-refractivity contribution < 1.29 is 19.0 Å². The van der Waals surface area contributed by atoms with Gasteiger partial charge in [0.05, 0.1) is 18.4 Å². The molecular formula is C32H45FN2O3. The molecule has 5 saturated carbocycles. The van der Waals surface area contributed by atoms with E-state index in [1.54, 1.807) is 4.90 Å². The zero-order chi connectivity index (χ0) is 26.2. The van der Waals surface area contributed by atoms with Crippen LogP contribution >= 0.6 is 0 Å². The van der Waals surface area contributed by atoms with E-state index in [9.17, 15) is 14.3 Å². The van der Waals surface area contributed by atoms with Crippen LogP contribution in [0.2, 0.25) is 0 Å². The Kier molecular flexibility index (Phi) is 6.20. The third kappa shape index (κ3) is 3.61. The molecule has 208 valence electrons. The average Bonchev–Trinajstić information content (AvgIpc) is 3.59. The van der Waals surface area contributed by atoms with E-state index in [4.69, 9.17) is 4.74 Å². The van der Waals surface area contributed by atoms with E-state index in [2.05, 4.69) is 11.9 Å². The number of aliphatic hydroxyl groups is 1. The molecule has 0 saturated heterocycles. The molecule has 1 aromatic rings. The Balaban J connectivity index is 1.07. The standard InChI is InChI=1S/C32H45FN2O3/c1-31-12-10-23(36)16-21(31)4-5-24-26-7-6-25-19(9-13-32(25,26)28(38-2)17-27(24)31)3-8-29(37)35-14-11-20-15-22(33)18-34-30(20)35/h15,18-19,21,23-28,36H,3-14,16-17H2,1-2H3/t19-,21+,23+,24-,25+,26-,27-,28-,31-,32+/m0/s1. The topological polar surface area (TPSA) is 62.7 Å². The first-order valence-corrected chi connectivity index (χ1v) is 15.5. The van der Waals surface area contributed by atoms with Crippen LogP contribution in [0.4, 0.5) is 10.2 Å². The number of aromatic nitrogens is 1. The summed E-state index contributed by atoms with van der Waals surface area (Å²) in [4.78, 5) is 19.3. The fraction of sp³-hybridized carbons (Fsp3) is 0.812. The molecule has 1 aromatic heterocycles. The minimum Gasteiger partial charge on any atom is -0.393 e. The Morgan fingerprint density at radius 2 is 1.97 bits per heavy atom. The van der Waals surface area contributed by atoms with Crippen LogP contribution in [0.15, 0.2) is 12.3 Å². The van der Waals surface area contributed by atoms with E-state index >= 15 is 0 Å². The van der Waals surface area contributed by atoms with Crippen molar-refractivity contribution in [3.8, 4) is 0 Å². The Bertz CT molecular complexity index is 1100. The molecule has 2 heterocycles. The Morgan fingerprint density at radius 3 is 2.82 bits per heavy atom. The largest absolute Gasteiger partial charge is 0.393 e. The highest BCUT2D eigenvalue weighted by atomic mass is 19.1. The Labute approximate surface area is 226 Å². The summed E-state index contributed by atoms with van der Waals surface area (Å²) in [7, 11) is 1.96. The van der Waals surface area contributed by atoms with Gasteiger partial charge in [0, 0.05) is 25.5 Å². The molecule has 5 fully saturated rings. The predicted molar refractivity (Wildman–Crippen MR) is 144 cm³/mol. The van der Waals surface area contributed by atoms with Gasteiger partial charge in [-0.1, -0.05) is 6.92 Å². The maximum atomic E-state index is 13.6. The van der Waals surface area contributed by atoms with E-state index in [0.717, 1.165) is 42.6 Å². The molecule has 38 heavy (non-hydrogen) atoms. The third-order valence-corrected chi connectivity index (χ3v) is 13.1. The highest BCUT2D eigenvalue weighted by Gasteiger charge is 2.67. The summed E-state index contributed by atoms with van der Waals surface area (Å²) in [6.45, 7) is 3.18. The van der Waals surface area contributed by atoms with Crippen LogP contribution in [0.5, 0.6) is 0 Å². The lowest BCUT2D eigenvalue weighted by molar-refractivity contribution is -0.181. The number of anilines is 1. The quantitative estimate of drug-likeness (QED) is 0.531. The monoisotopic (exact) mass is 524 g/mol. The number of fused-ring (bicyclic) bond motifs is 5.